The van der Waals surface area contributed by atoms with Crippen molar-refractivity contribution in [2.45, 2.75) is 25.4 Å². The van der Waals surface area contributed by atoms with Gasteiger partial charge in [0, 0.05) is 27.2 Å². The van der Waals surface area contributed by atoms with Crippen molar-refractivity contribution in [3.05, 3.63) is 0 Å². The van der Waals surface area contributed by atoms with Gasteiger partial charge < -0.3 is 15.0 Å². The molecule has 76 valence electrons. The van der Waals surface area contributed by atoms with E-state index in [1.54, 1.807) is 0 Å². The van der Waals surface area contributed by atoms with Crippen molar-refractivity contribution in [3.8, 4) is 0 Å². The summed E-state index contributed by atoms with van der Waals surface area (Å²) in [4.78, 5) is 1.90. The Bertz CT molecular complexity index is 167. The van der Waals surface area contributed by atoms with E-state index in [4.69, 9.17) is 17.0 Å². The van der Waals surface area contributed by atoms with Crippen LogP contribution in [0.25, 0.3) is 0 Å². The van der Waals surface area contributed by atoms with Crippen LogP contribution in [-0.4, -0.2) is 43.4 Å². The minimum Gasteiger partial charge on any atom is -0.376 e. The van der Waals surface area contributed by atoms with Gasteiger partial charge in [-0.3, -0.25) is 0 Å². The number of nitrogens with one attached hydrogen (secondary N) is 1. The topological polar surface area (TPSA) is 24.5 Å². The first-order valence-electron chi connectivity index (χ1n) is 4.77. The van der Waals surface area contributed by atoms with Crippen LogP contribution in [0, 0.1) is 0 Å². The molecule has 0 aromatic heterocycles. The van der Waals surface area contributed by atoms with Gasteiger partial charge in [0.25, 0.3) is 0 Å². The summed E-state index contributed by atoms with van der Waals surface area (Å²) in [7, 11) is 3.88. The van der Waals surface area contributed by atoms with Gasteiger partial charge in [-0.05, 0) is 31.5 Å². The molecule has 13 heavy (non-hydrogen) atoms. The molecule has 4 heteroatoms. The molecule has 1 atom stereocenters. The SMILES string of the molecule is CN(C)C(=S)NCC1CCCCO1. The van der Waals surface area contributed by atoms with Crippen molar-refractivity contribution in [1.82, 2.24) is 10.2 Å². The van der Waals surface area contributed by atoms with Gasteiger partial charge in [-0.25, -0.2) is 0 Å². The van der Waals surface area contributed by atoms with Crippen LogP contribution in [0.15, 0.2) is 0 Å². The molecule has 1 N–H and O–H groups in total. The Labute approximate surface area is 85.4 Å². The van der Waals surface area contributed by atoms with E-state index in [-0.39, 0.29) is 0 Å². The third-order valence-electron chi connectivity index (χ3n) is 2.16. The molecule has 1 unspecified atom stereocenters. The van der Waals surface area contributed by atoms with E-state index >= 15 is 0 Å². The standard InChI is InChI=1S/C9H18N2OS/c1-11(2)9(13)10-7-8-5-3-4-6-12-8/h8H,3-7H2,1-2H3,(H,10,13). The second-order valence-electron chi connectivity index (χ2n) is 3.57. The fraction of sp³-hybridized carbons (Fsp3) is 0.889. The summed E-state index contributed by atoms with van der Waals surface area (Å²) in [5, 5.41) is 3.97. The van der Waals surface area contributed by atoms with Gasteiger partial charge in [-0.1, -0.05) is 0 Å². The molecule has 0 aromatic rings. The maximum Gasteiger partial charge on any atom is 0.168 e. The van der Waals surface area contributed by atoms with Crippen LogP contribution in [0.5, 0.6) is 0 Å². The lowest BCUT2D eigenvalue weighted by atomic mass is 10.1. The van der Waals surface area contributed by atoms with Gasteiger partial charge in [-0.2, -0.15) is 0 Å². The summed E-state index contributed by atoms with van der Waals surface area (Å²) in [6.07, 6.45) is 3.99. The van der Waals surface area contributed by atoms with E-state index in [1.807, 2.05) is 19.0 Å². The van der Waals surface area contributed by atoms with E-state index in [9.17, 15) is 0 Å². The molecule has 0 amide bonds. The van der Waals surface area contributed by atoms with Crippen molar-refractivity contribution >= 4 is 17.3 Å². The average Bonchev–Trinajstić information content (AvgIpc) is 2.15. The number of hydrogen-bond acceptors (Lipinski definition) is 2. The van der Waals surface area contributed by atoms with E-state index in [0.29, 0.717) is 6.10 Å². The molecule has 0 aliphatic carbocycles. The highest BCUT2D eigenvalue weighted by atomic mass is 32.1. The summed E-state index contributed by atoms with van der Waals surface area (Å²) in [6.45, 7) is 1.75. The maximum atomic E-state index is 5.57. The second kappa shape index (κ2) is 5.40. The molecule has 0 radical (unpaired) electrons. The third-order valence-corrected chi connectivity index (χ3v) is 2.67. The summed E-state index contributed by atoms with van der Waals surface area (Å²) in [5.74, 6) is 0. The minimum absolute atomic E-state index is 0.353. The van der Waals surface area contributed by atoms with Crippen LogP contribution in [0.2, 0.25) is 0 Å². The molecule has 1 saturated heterocycles. The van der Waals surface area contributed by atoms with Crippen molar-refractivity contribution in [1.29, 1.82) is 0 Å². The van der Waals surface area contributed by atoms with Crippen molar-refractivity contribution < 1.29 is 4.74 Å². The zero-order valence-corrected chi connectivity index (χ0v) is 9.19. The molecule has 1 aliphatic heterocycles. The van der Waals surface area contributed by atoms with E-state index in [1.165, 1.54) is 12.8 Å². The summed E-state index contributed by atoms with van der Waals surface area (Å²) in [6, 6.07) is 0. The second-order valence-corrected chi connectivity index (χ2v) is 3.96. The van der Waals surface area contributed by atoms with Gasteiger partial charge >= 0.3 is 0 Å². The van der Waals surface area contributed by atoms with E-state index < -0.39 is 0 Å². The zero-order chi connectivity index (χ0) is 9.68. The first-order chi connectivity index (χ1) is 6.20. The fourth-order valence-electron chi connectivity index (χ4n) is 1.33. The first-order valence-corrected chi connectivity index (χ1v) is 5.17. The van der Waals surface area contributed by atoms with Crippen LogP contribution in [0.4, 0.5) is 0 Å². The van der Waals surface area contributed by atoms with Gasteiger partial charge in [0.15, 0.2) is 5.11 Å². The molecule has 1 aliphatic rings. The average molecular weight is 202 g/mol. The first kappa shape index (κ1) is 10.7. The lowest BCUT2D eigenvalue weighted by Crippen LogP contribution is -2.40. The molecular weight excluding hydrogens is 184 g/mol. The maximum absolute atomic E-state index is 5.57. The molecule has 3 nitrogen and oxygen atoms in total. The van der Waals surface area contributed by atoms with Crippen LogP contribution >= 0.6 is 12.2 Å². The lowest BCUT2D eigenvalue weighted by Gasteiger charge is -2.24. The zero-order valence-electron chi connectivity index (χ0n) is 8.38. The van der Waals surface area contributed by atoms with Crippen LogP contribution in [0.1, 0.15) is 19.3 Å². The summed E-state index contributed by atoms with van der Waals surface area (Å²) in [5.41, 5.74) is 0. The number of hydrogen-bond donors (Lipinski definition) is 1. The van der Waals surface area contributed by atoms with E-state index in [0.717, 1.165) is 24.7 Å². The predicted molar refractivity (Wildman–Crippen MR) is 57.9 cm³/mol. The van der Waals surface area contributed by atoms with Gasteiger partial charge in [0.2, 0.25) is 0 Å². The molecular formula is C9H18N2OS. The fourth-order valence-corrected chi connectivity index (χ4v) is 1.41. The molecule has 0 spiro atoms. The van der Waals surface area contributed by atoms with Gasteiger partial charge in [0.1, 0.15) is 0 Å². The Morgan fingerprint density at radius 2 is 2.31 bits per heavy atom. The summed E-state index contributed by atoms with van der Waals surface area (Å²) < 4.78 is 5.57. The van der Waals surface area contributed by atoms with E-state index in [2.05, 4.69) is 5.32 Å². The van der Waals surface area contributed by atoms with Crippen LogP contribution in [-0.2, 0) is 4.74 Å². The largest absolute Gasteiger partial charge is 0.376 e. The summed E-state index contributed by atoms with van der Waals surface area (Å²) >= 11 is 5.11. The highest BCUT2D eigenvalue weighted by Gasteiger charge is 2.13. The van der Waals surface area contributed by atoms with Crippen molar-refractivity contribution in [2.75, 3.05) is 27.2 Å². The molecule has 0 bridgehead atoms. The Hall–Kier alpha value is -0.350. The van der Waals surface area contributed by atoms with Crippen molar-refractivity contribution in [3.63, 3.8) is 0 Å². The molecule has 0 aromatic carbocycles. The smallest absolute Gasteiger partial charge is 0.168 e. The van der Waals surface area contributed by atoms with Gasteiger partial charge in [0.05, 0.1) is 6.10 Å². The number of nitrogens with zero attached hydrogens (tertiary/aromatic N) is 1. The normalized spacial score (nSPS) is 22.5. The molecule has 1 fully saturated rings. The Morgan fingerprint density at radius 1 is 1.54 bits per heavy atom. The van der Waals surface area contributed by atoms with Crippen molar-refractivity contribution in [2.24, 2.45) is 0 Å². The third kappa shape index (κ3) is 3.91. The Kier molecular flexibility index (Phi) is 4.45. The Balaban J connectivity index is 2.13. The highest BCUT2D eigenvalue weighted by molar-refractivity contribution is 7.80. The number of rotatable bonds is 2. The molecule has 1 heterocycles. The van der Waals surface area contributed by atoms with Crippen LogP contribution in [0.3, 0.4) is 0 Å². The minimum atomic E-state index is 0.353. The highest BCUT2D eigenvalue weighted by Crippen LogP contribution is 2.11. The lowest BCUT2D eigenvalue weighted by molar-refractivity contribution is 0.0193. The number of ether oxygens (including phenoxy) is 1. The van der Waals surface area contributed by atoms with Gasteiger partial charge in [-0.15, -0.1) is 0 Å². The molecule has 1 rings (SSSR count). The number of thiocarbonyl (C=S) groups is 1. The Morgan fingerprint density at radius 3 is 2.85 bits per heavy atom. The monoisotopic (exact) mass is 202 g/mol. The van der Waals surface area contributed by atoms with Crippen LogP contribution < -0.4 is 5.32 Å². The molecule has 0 saturated carbocycles. The predicted octanol–water partition coefficient (Wildman–Crippen LogP) is 0.992. The quantitative estimate of drug-likeness (QED) is 0.675.